The van der Waals surface area contributed by atoms with Gasteiger partial charge in [-0.3, -0.25) is 9.89 Å². The lowest BCUT2D eigenvalue weighted by atomic mass is 10.3. The van der Waals surface area contributed by atoms with Gasteiger partial charge in [0.2, 0.25) is 0 Å². The average molecular weight is 438 g/mol. The van der Waals surface area contributed by atoms with E-state index in [1.54, 1.807) is 18.4 Å². The number of rotatable bonds is 4. The van der Waals surface area contributed by atoms with Gasteiger partial charge in [-0.2, -0.15) is 13.2 Å². The van der Waals surface area contributed by atoms with E-state index in [0.717, 1.165) is 53.8 Å². The first-order valence-electron chi connectivity index (χ1n) is 8.29. The fourth-order valence-electron chi connectivity index (χ4n) is 2.78. The van der Waals surface area contributed by atoms with E-state index in [4.69, 9.17) is 11.6 Å². The summed E-state index contributed by atoms with van der Waals surface area (Å²) in [6.07, 6.45) is -4.40. The Kier molecular flexibility index (Phi) is 6.61. The van der Waals surface area contributed by atoms with E-state index in [0.29, 0.717) is 11.0 Å². The van der Waals surface area contributed by atoms with E-state index in [1.165, 1.54) is 4.88 Å². The Morgan fingerprint density at radius 1 is 1.30 bits per heavy atom. The third-order valence-corrected chi connectivity index (χ3v) is 6.20. The molecular weight excluding hydrogens is 419 g/mol. The summed E-state index contributed by atoms with van der Waals surface area (Å²) in [5, 5.41) is 4.53. The van der Waals surface area contributed by atoms with Crippen LogP contribution >= 0.6 is 34.3 Å². The average Bonchev–Trinajstić information content (AvgIpc) is 3.26. The molecule has 2 aromatic rings. The summed E-state index contributed by atoms with van der Waals surface area (Å²) in [5.74, 6) is 0.678. The minimum absolute atomic E-state index is 0.224. The van der Waals surface area contributed by atoms with Gasteiger partial charge in [-0.15, -0.1) is 22.7 Å². The Bertz CT molecular complexity index is 781. The van der Waals surface area contributed by atoms with Crippen molar-refractivity contribution in [3.05, 3.63) is 37.4 Å². The summed E-state index contributed by atoms with van der Waals surface area (Å²) in [6, 6.07) is 3.95. The van der Waals surface area contributed by atoms with Crippen LogP contribution in [0.4, 0.5) is 13.2 Å². The zero-order valence-corrected chi connectivity index (χ0v) is 17.0. The van der Waals surface area contributed by atoms with Crippen molar-refractivity contribution >= 4 is 40.2 Å². The molecule has 0 aromatic carbocycles. The minimum atomic E-state index is -4.40. The van der Waals surface area contributed by atoms with Gasteiger partial charge >= 0.3 is 6.18 Å². The molecule has 5 nitrogen and oxygen atoms in total. The minimum Gasteiger partial charge on any atom is -0.350 e. The van der Waals surface area contributed by atoms with Crippen LogP contribution in [0.5, 0.6) is 0 Å². The molecule has 0 amide bonds. The van der Waals surface area contributed by atoms with Gasteiger partial charge < -0.3 is 10.2 Å². The molecule has 1 aliphatic heterocycles. The molecule has 27 heavy (non-hydrogen) atoms. The van der Waals surface area contributed by atoms with Crippen LogP contribution in [0, 0.1) is 0 Å². The molecule has 11 heteroatoms. The van der Waals surface area contributed by atoms with E-state index >= 15 is 0 Å². The topological polar surface area (TPSA) is 43.8 Å². The fourth-order valence-corrected chi connectivity index (χ4v) is 4.65. The molecule has 1 N–H and O–H groups in total. The predicted octanol–water partition coefficient (Wildman–Crippen LogP) is 3.77. The molecule has 3 heterocycles. The highest BCUT2D eigenvalue weighted by Gasteiger charge is 2.33. The maximum atomic E-state index is 12.6. The Balaban J connectivity index is 1.48. The number of nitrogens with zero attached hydrogens (tertiary/aromatic N) is 4. The van der Waals surface area contributed by atoms with Crippen LogP contribution in [0.3, 0.4) is 0 Å². The van der Waals surface area contributed by atoms with Crippen molar-refractivity contribution < 1.29 is 13.2 Å². The van der Waals surface area contributed by atoms with Crippen molar-refractivity contribution in [3.8, 4) is 0 Å². The highest BCUT2D eigenvalue weighted by molar-refractivity contribution is 7.16. The summed E-state index contributed by atoms with van der Waals surface area (Å²) >= 11 is 8.56. The number of aromatic nitrogens is 1. The van der Waals surface area contributed by atoms with Crippen molar-refractivity contribution in [2.24, 2.45) is 4.99 Å². The predicted molar refractivity (Wildman–Crippen MR) is 103 cm³/mol. The van der Waals surface area contributed by atoms with E-state index in [1.807, 2.05) is 12.1 Å². The fraction of sp³-hybridized carbons (Fsp3) is 0.500. The van der Waals surface area contributed by atoms with E-state index < -0.39 is 11.9 Å². The number of thiazole rings is 1. The zero-order valence-electron chi connectivity index (χ0n) is 14.6. The van der Waals surface area contributed by atoms with Gasteiger partial charge in [-0.05, 0) is 12.1 Å². The number of nitrogens with one attached hydrogen (secondary N) is 1. The van der Waals surface area contributed by atoms with E-state index in [-0.39, 0.29) is 6.54 Å². The molecule has 1 fully saturated rings. The van der Waals surface area contributed by atoms with Crippen molar-refractivity contribution in [3.63, 3.8) is 0 Å². The quantitative estimate of drug-likeness (QED) is 0.584. The van der Waals surface area contributed by atoms with Gasteiger partial charge in [0.05, 0.1) is 10.9 Å². The maximum Gasteiger partial charge on any atom is 0.434 e. The molecule has 0 aliphatic carbocycles. The summed E-state index contributed by atoms with van der Waals surface area (Å²) in [6.45, 7) is 4.45. The first kappa shape index (κ1) is 20.4. The highest BCUT2D eigenvalue weighted by Crippen LogP contribution is 2.30. The second kappa shape index (κ2) is 8.76. The monoisotopic (exact) mass is 437 g/mol. The third kappa shape index (κ3) is 5.56. The van der Waals surface area contributed by atoms with Crippen LogP contribution in [0.25, 0.3) is 0 Å². The number of piperazine rings is 1. The van der Waals surface area contributed by atoms with Crippen LogP contribution < -0.4 is 5.32 Å². The number of aliphatic imine (C=N–C) groups is 1. The van der Waals surface area contributed by atoms with Crippen molar-refractivity contribution in [2.75, 3.05) is 33.2 Å². The lowest BCUT2D eigenvalue weighted by molar-refractivity contribution is -0.140. The van der Waals surface area contributed by atoms with Crippen LogP contribution in [0.15, 0.2) is 22.5 Å². The normalized spacial score (nSPS) is 16.8. The van der Waals surface area contributed by atoms with Gasteiger partial charge in [0, 0.05) is 50.0 Å². The highest BCUT2D eigenvalue weighted by atomic mass is 35.5. The first-order valence-corrected chi connectivity index (χ1v) is 10.4. The summed E-state index contributed by atoms with van der Waals surface area (Å²) in [7, 11) is 1.67. The molecule has 0 radical (unpaired) electrons. The van der Waals surface area contributed by atoms with Gasteiger partial charge in [0.15, 0.2) is 11.7 Å². The molecule has 148 valence electrons. The molecule has 0 bridgehead atoms. The van der Waals surface area contributed by atoms with Crippen LogP contribution in [-0.4, -0.2) is 54.0 Å². The van der Waals surface area contributed by atoms with Gasteiger partial charge in [0.1, 0.15) is 5.01 Å². The zero-order chi connectivity index (χ0) is 19.4. The molecule has 0 saturated carbocycles. The van der Waals surface area contributed by atoms with Gasteiger partial charge in [0.25, 0.3) is 0 Å². The molecule has 1 aliphatic rings. The Hall–Kier alpha value is -1.36. The van der Waals surface area contributed by atoms with E-state index in [2.05, 4.69) is 25.1 Å². The summed E-state index contributed by atoms with van der Waals surface area (Å²) in [4.78, 5) is 13.6. The van der Waals surface area contributed by atoms with Crippen molar-refractivity contribution in [2.45, 2.75) is 19.3 Å². The lowest BCUT2D eigenvalue weighted by Crippen LogP contribution is -2.51. The molecule has 3 rings (SSSR count). The van der Waals surface area contributed by atoms with Crippen LogP contribution in [0.1, 0.15) is 15.6 Å². The number of halogens is 4. The number of hydrogen-bond acceptors (Lipinski definition) is 5. The number of alkyl halides is 3. The number of thiophene rings is 1. The second-order valence-corrected chi connectivity index (χ2v) is 8.74. The summed E-state index contributed by atoms with van der Waals surface area (Å²) < 4.78 is 38.7. The van der Waals surface area contributed by atoms with Crippen molar-refractivity contribution in [1.82, 2.24) is 20.1 Å². The van der Waals surface area contributed by atoms with Gasteiger partial charge in [-0.25, -0.2) is 4.98 Å². The maximum absolute atomic E-state index is 12.6. The second-order valence-electron chi connectivity index (χ2n) is 5.99. The Morgan fingerprint density at radius 2 is 2.04 bits per heavy atom. The van der Waals surface area contributed by atoms with Crippen LogP contribution in [-0.2, 0) is 19.3 Å². The lowest BCUT2D eigenvalue weighted by Gasteiger charge is -2.36. The Labute approximate surface area is 168 Å². The standard InChI is InChI=1S/C16H19ClF3N5S2/c1-21-15(22-8-14-23-12(10-26-14)16(18,19)20)25-6-4-24(5-7-25)9-11-2-3-13(17)27-11/h2-3,10H,4-9H2,1H3,(H,21,22). The SMILES string of the molecule is CN=C(NCc1nc(C(F)(F)F)cs1)N1CCN(Cc2ccc(Cl)s2)CC1. The summed E-state index contributed by atoms with van der Waals surface area (Å²) in [5.41, 5.74) is -0.846. The smallest absolute Gasteiger partial charge is 0.350 e. The number of hydrogen-bond donors (Lipinski definition) is 1. The van der Waals surface area contributed by atoms with Crippen LogP contribution in [0.2, 0.25) is 4.34 Å². The molecule has 0 atom stereocenters. The van der Waals surface area contributed by atoms with Crippen molar-refractivity contribution in [1.29, 1.82) is 0 Å². The molecule has 0 unspecified atom stereocenters. The Morgan fingerprint density at radius 3 is 2.59 bits per heavy atom. The first-order chi connectivity index (χ1) is 12.8. The molecule has 0 spiro atoms. The molecule has 2 aromatic heterocycles. The largest absolute Gasteiger partial charge is 0.434 e. The molecule has 1 saturated heterocycles. The number of guanidine groups is 1. The van der Waals surface area contributed by atoms with Gasteiger partial charge in [-0.1, -0.05) is 11.6 Å². The van der Waals surface area contributed by atoms with E-state index in [9.17, 15) is 13.2 Å². The third-order valence-electron chi connectivity index (χ3n) is 4.13. The molecular formula is C16H19ClF3N5S2.